The molecule has 0 radical (unpaired) electrons. The molecule has 7 nitrogen and oxygen atoms in total. The third-order valence-electron chi connectivity index (χ3n) is 5.77. The van der Waals surface area contributed by atoms with Crippen LogP contribution >= 0.6 is 23.4 Å². The highest BCUT2D eigenvalue weighted by Crippen LogP contribution is 2.40. The molecule has 4 aromatic carbocycles. The van der Waals surface area contributed by atoms with E-state index in [2.05, 4.69) is 10.6 Å². The molecule has 0 saturated carbocycles. The van der Waals surface area contributed by atoms with E-state index < -0.39 is 5.25 Å². The lowest BCUT2D eigenvalue weighted by Crippen LogP contribution is -2.19. The summed E-state index contributed by atoms with van der Waals surface area (Å²) in [5.74, 6) is 1.02. The van der Waals surface area contributed by atoms with Gasteiger partial charge in [0.15, 0.2) is 0 Å². The van der Waals surface area contributed by atoms with E-state index in [9.17, 15) is 9.59 Å². The van der Waals surface area contributed by atoms with E-state index in [1.807, 2.05) is 48.5 Å². The van der Waals surface area contributed by atoms with E-state index >= 15 is 0 Å². The Morgan fingerprint density at radius 3 is 2.15 bits per heavy atom. The van der Waals surface area contributed by atoms with Crippen LogP contribution in [0.5, 0.6) is 17.2 Å². The van der Waals surface area contributed by atoms with Gasteiger partial charge in [0, 0.05) is 22.2 Å². The third kappa shape index (κ3) is 7.04. The van der Waals surface area contributed by atoms with E-state index in [1.54, 1.807) is 49.6 Å². The molecule has 4 aromatic rings. The van der Waals surface area contributed by atoms with Crippen molar-refractivity contribution in [1.29, 1.82) is 0 Å². The molecule has 0 spiro atoms. The molecule has 200 valence electrons. The number of rotatable bonds is 10. The number of carbonyl (C=O) groups excluding carboxylic acids is 2. The highest BCUT2D eigenvalue weighted by atomic mass is 35.5. The lowest BCUT2D eigenvalue weighted by Gasteiger charge is -2.19. The van der Waals surface area contributed by atoms with Gasteiger partial charge in [-0.25, -0.2) is 0 Å². The standard InChI is InChI=1S/C30H27ClN2O5S/c1-36-22-14-12-20(13-15-22)29(34)32-21-10-7-11-23(16-21)39-28(19-8-5-4-6-9-19)30(35)33-25-17-24(31)26(37-2)18-27(25)38-3/h4-18,28H,1-3H3,(H,32,34)(H,33,35). The van der Waals surface area contributed by atoms with Gasteiger partial charge in [-0.05, 0) is 54.1 Å². The zero-order valence-corrected chi connectivity index (χ0v) is 23.1. The highest BCUT2D eigenvalue weighted by molar-refractivity contribution is 8.00. The fourth-order valence-electron chi connectivity index (χ4n) is 3.79. The Morgan fingerprint density at radius 2 is 1.49 bits per heavy atom. The minimum Gasteiger partial charge on any atom is -0.497 e. The van der Waals surface area contributed by atoms with Crippen molar-refractivity contribution in [2.24, 2.45) is 0 Å². The highest BCUT2D eigenvalue weighted by Gasteiger charge is 2.24. The van der Waals surface area contributed by atoms with Gasteiger partial charge in [0.05, 0.1) is 32.0 Å². The molecule has 2 amide bonds. The first-order valence-corrected chi connectivity index (χ1v) is 13.2. The SMILES string of the molecule is COc1ccc(C(=O)Nc2cccc(SC(C(=O)Nc3cc(Cl)c(OC)cc3OC)c3ccccc3)c2)cc1. The van der Waals surface area contributed by atoms with Crippen molar-refractivity contribution in [3.63, 3.8) is 0 Å². The number of carbonyl (C=O) groups is 2. The van der Waals surface area contributed by atoms with Crippen molar-refractivity contribution in [2.45, 2.75) is 10.1 Å². The Kier molecular flexibility index (Phi) is 9.35. The monoisotopic (exact) mass is 562 g/mol. The van der Waals surface area contributed by atoms with Crippen LogP contribution in [0.1, 0.15) is 21.2 Å². The van der Waals surface area contributed by atoms with Crippen LogP contribution in [0.3, 0.4) is 0 Å². The van der Waals surface area contributed by atoms with E-state index in [0.29, 0.717) is 39.2 Å². The van der Waals surface area contributed by atoms with Crippen LogP contribution in [0.15, 0.2) is 95.9 Å². The zero-order valence-electron chi connectivity index (χ0n) is 21.6. The van der Waals surface area contributed by atoms with E-state index in [1.165, 1.54) is 26.0 Å². The van der Waals surface area contributed by atoms with Crippen molar-refractivity contribution < 1.29 is 23.8 Å². The van der Waals surface area contributed by atoms with Crippen molar-refractivity contribution in [3.8, 4) is 17.2 Å². The first-order chi connectivity index (χ1) is 18.9. The second kappa shape index (κ2) is 13.1. The van der Waals surface area contributed by atoms with Gasteiger partial charge in [-0.1, -0.05) is 48.0 Å². The molecule has 0 aromatic heterocycles. The summed E-state index contributed by atoms with van der Waals surface area (Å²) in [5.41, 5.74) is 2.35. The largest absolute Gasteiger partial charge is 0.497 e. The molecule has 0 heterocycles. The summed E-state index contributed by atoms with van der Waals surface area (Å²) < 4.78 is 15.9. The quantitative estimate of drug-likeness (QED) is 0.201. The Labute approximate surface area is 236 Å². The number of ether oxygens (including phenoxy) is 3. The lowest BCUT2D eigenvalue weighted by atomic mass is 10.1. The summed E-state index contributed by atoms with van der Waals surface area (Å²) >= 11 is 7.67. The van der Waals surface area contributed by atoms with E-state index in [-0.39, 0.29) is 11.8 Å². The maximum absolute atomic E-state index is 13.6. The molecule has 39 heavy (non-hydrogen) atoms. The number of methoxy groups -OCH3 is 3. The number of anilines is 2. The molecule has 0 bridgehead atoms. The molecule has 1 atom stereocenters. The Balaban J connectivity index is 1.56. The summed E-state index contributed by atoms with van der Waals surface area (Å²) in [5, 5.41) is 5.60. The Hall–Kier alpha value is -4.14. The second-order valence-corrected chi connectivity index (χ2v) is 9.88. The topological polar surface area (TPSA) is 85.9 Å². The maximum atomic E-state index is 13.6. The van der Waals surface area contributed by atoms with Gasteiger partial charge < -0.3 is 24.8 Å². The van der Waals surface area contributed by atoms with Crippen LogP contribution in [-0.2, 0) is 4.79 Å². The average molecular weight is 563 g/mol. The van der Waals surface area contributed by atoms with Crippen molar-refractivity contribution in [2.75, 3.05) is 32.0 Å². The Bertz CT molecular complexity index is 1450. The van der Waals surface area contributed by atoms with Gasteiger partial charge in [-0.2, -0.15) is 0 Å². The number of thioether (sulfide) groups is 1. The summed E-state index contributed by atoms with van der Waals surface area (Å²) in [6, 6.07) is 26.9. The van der Waals surface area contributed by atoms with Gasteiger partial charge in [-0.3, -0.25) is 9.59 Å². The molecular formula is C30H27ClN2O5S. The van der Waals surface area contributed by atoms with Gasteiger partial charge in [0.1, 0.15) is 22.5 Å². The van der Waals surface area contributed by atoms with Crippen molar-refractivity contribution in [1.82, 2.24) is 0 Å². The molecule has 0 aliphatic heterocycles. The van der Waals surface area contributed by atoms with E-state index in [4.69, 9.17) is 25.8 Å². The summed E-state index contributed by atoms with van der Waals surface area (Å²) in [7, 11) is 4.59. The zero-order chi connectivity index (χ0) is 27.8. The van der Waals surface area contributed by atoms with Gasteiger partial charge in [-0.15, -0.1) is 11.8 Å². The van der Waals surface area contributed by atoms with Crippen molar-refractivity contribution >= 4 is 46.6 Å². The molecule has 0 saturated heterocycles. The molecule has 4 rings (SSSR count). The van der Waals surface area contributed by atoms with Crippen LogP contribution in [0.2, 0.25) is 5.02 Å². The molecule has 2 N–H and O–H groups in total. The summed E-state index contributed by atoms with van der Waals surface area (Å²) in [4.78, 5) is 27.2. The van der Waals surface area contributed by atoms with Gasteiger partial charge in [0.25, 0.3) is 5.91 Å². The summed E-state index contributed by atoms with van der Waals surface area (Å²) in [6.07, 6.45) is 0. The maximum Gasteiger partial charge on any atom is 0.255 e. The van der Waals surface area contributed by atoms with Gasteiger partial charge >= 0.3 is 0 Å². The van der Waals surface area contributed by atoms with Crippen LogP contribution in [0.25, 0.3) is 0 Å². The fraction of sp³-hybridized carbons (Fsp3) is 0.133. The first kappa shape index (κ1) is 27.9. The van der Waals surface area contributed by atoms with Crippen LogP contribution in [0.4, 0.5) is 11.4 Å². The lowest BCUT2D eigenvalue weighted by molar-refractivity contribution is -0.115. The number of hydrogen-bond acceptors (Lipinski definition) is 6. The first-order valence-electron chi connectivity index (χ1n) is 11.9. The van der Waals surface area contributed by atoms with Crippen LogP contribution < -0.4 is 24.8 Å². The number of amides is 2. The number of hydrogen-bond donors (Lipinski definition) is 2. The predicted octanol–water partition coefficient (Wildman–Crippen LogP) is 7.09. The van der Waals surface area contributed by atoms with Crippen LogP contribution in [-0.4, -0.2) is 33.1 Å². The number of nitrogens with one attached hydrogen (secondary N) is 2. The molecule has 9 heteroatoms. The van der Waals surface area contributed by atoms with Crippen molar-refractivity contribution in [3.05, 3.63) is 107 Å². The normalized spacial score (nSPS) is 11.3. The molecule has 0 aliphatic rings. The summed E-state index contributed by atoms with van der Waals surface area (Å²) in [6.45, 7) is 0. The Morgan fingerprint density at radius 1 is 0.769 bits per heavy atom. The molecule has 0 aliphatic carbocycles. The fourth-order valence-corrected chi connectivity index (χ4v) is 5.11. The molecule has 1 unspecified atom stereocenters. The van der Waals surface area contributed by atoms with E-state index in [0.717, 1.165) is 10.5 Å². The smallest absolute Gasteiger partial charge is 0.255 e. The molecular weight excluding hydrogens is 536 g/mol. The van der Waals surface area contributed by atoms with Gasteiger partial charge in [0.2, 0.25) is 5.91 Å². The predicted molar refractivity (Wildman–Crippen MR) is 156 cm³/mol. The minimum atomic E-state index is -0.607. The second-order valence-electron chi connectivity index (χ2n) is 8.30. The van der Waals surface area contributed by atoms with Crippen LogP contribution in [0, 0.1) is 0 Å². The molecule has 0 fully saturated rings. The third-order valence-corrected chi connectivity index (χ3v) is 7.31. The number of halogens is 1. The average Bonchev–Trinajstić information content (AvgIpc) is 2.96. The minimum absolute atomic E-state index is 0.249. The number of benzene rings is 4.